The molecule has 0 aliphatic heterocycles. The Morgan fingerprint density at radius 3 is 2.38 bits per heavy atom. The summed E-state index contributed by atoms with van der Waals surface area (Å²) >= 11 is 0. The average Bonchev–Trinajstić information content (AvgIpc) is 2.78. The molecule has 0 radical (unpaired) electrons. The summed E-state index contributed by atoms with van der Waals surface area (Å²) in [6, 6.07) is 2.17. The number of alkyl halides is 2. The zero-order valence-corrected chi connectivity index (χ0v) is 13.8. The fraction of sp³-hybridized carbons (Fsp3) is 0.286. The van der Waals surface area contributed by atoms with E-state index >= 15 is 0 Å². The predicted molar refractivity (Wildman–Crippen MR) is 80.4 cm³/mol. The Bertz CT molecular complexity index is 960. The third-order valence-corrected chi connectivity index (χ3v) is 4.52. The van der Waals surface area contributed by atoms with E-state index in [0.29, 0.717) is 0 Å². The topological polar surface area (TPSA) is 98.2 Å². The maximum atomic E-state index is 12.6. The number of halogens is 2. The van der Waals surface area contributed by atoms with E-state index in [4.69, 9.17) is 0 Å². The number of H-pyrrole nitrogens is 1. The summed E-state index contributed by atoms with van der Waals surface area (Å²) in [6.45, 7) is -1.99. The minimum absolute atomic E-state index is 0.0912. The number of aryl methyl sites for hydroxylation is 1. The van der Waals surface area contributed by atoms with Gasteiger partial charge in [-0.25, -0.2) is 8.42 Å². The Hall–Kier alpha value is -2.49. The first-order valence-corrected chi connectivity index (χ1v) is 8.50. The normalized spacial score (nSPS) is 11.8. The molecule has 10 heteroatoms. The Kier molecular flexibility index (Phi) is 4.61. The number of aromatic nitrogens is 2. The van der Waals surface area contributed by atoms with Gasteiger partial charge >= 0.3 is 6.61 Å². The van der Waals surface area contributed by atoms with Gasteiger partial charge in [0, 0.05) is 30.6 Å². The van der Waals surface area contributed by atoms with Gasteiger partial charge in [-0.3, -0.25) is 14.3 Å². The summed E-state index contributed by atoms with van der Waals surface area (Å²) in [5, 5.41) is 2.53. The molecule has 0 saturated heterocycles. The van der Waals surface area contributed by atoms with Crippen molar-refractivity contribution in [3.05, 3.63) is 45.4 Å². The minimum atomic E-state index is -3.85. The summed E-state index contributed by atoms with van der Waals surface area (Å²) in [6.07, 6.45) is 2.02. The van der Waals surface area contributed by atoms with Gasteiger partial charge in [0.05, 0.1) is 0 Å². The SMILES string of the molecule is Cc1c(C(=O)c2c[nH]n(C)c2=O)ccc(S(C)(=O)=O)c1OC(F)F. The lowest BCUT2D eigenvalue weighted by Crippen LogP contribution is -2.20. The molecular formula is C14H14F2N2O5S. The molecular weight excluding hydrogens is 346 g/mol. The number of ketones is 1. The molecule has 0 saturated carbocycles. The van der Waals surface area contributed by atoms with Crippen LogP contribution in [0, 0.1) is 6.92 Å². The van der Waals surface area contributed by atoms with Crippen LogP contribution in [0.25, 0.3) is 0 Å². The summed E-state index contributed by atoms with van der Waals surface area (Å²) in [5.74, 6) is -1.33. The van der Waals surface area contributed by atoms with E-state index in [9.17, 15) is 26.8 Å². The molecule has 0 unspecified atom stereocenters. The van der Waals surface area contributed by atoms with Crippen LogP contribution in [0.3, 0.4) is 0 Å². The molecule has 0 bridgehead atoms. The predicted octanol–water partition coefficient (Wildman–Crippen LogP) is 1.26. The van der Waals surface area contributed by atoms with Gasteiger partial charge in [-0.15, -0.1) is 0 Å². The second-order valence-electron chi connectivity index (χ2n) is 5.10. The van der Waals surface area contributed by atoms with E-state index in [1.54, 1.807) is 0 Å². The maximum Gasteiger partial charge on any atom is 0.387 e. The molecule has 7 nitrogen and oxygen atoms in total. The van der Waals surface area contributed by atoms with Crippen LogP contribution in [0.15, 0.2) is 28.0 Å². The van der Waals surface area contributed by atoms with Gasteiger partial charge in [-0.2, -0.15) is 8.78 Å². The number of benzene rings is 1. The molecule has 24 heavy (non-hydrogen) atoms. The van der Waals surface area contributed by atoms with E-state index in [1.165, 1.54) is 26.2 Å². The number of sulfone groups is 1. The van der Waals surface area contributed by atoms with Crippen molar-refractivity contribution in [1.82, 2.24) is 9.78 Å². The van der Waals surface area contributed by atoms with Crippen molar-refractivity contribution in [3.8, 4) is 5.75 Å². The molecule has 0 fully saturated rings. The van der Waals surface area contributed by atoms with Crippen molar-refractivity contribution in [2.24, 2.45) is 7.05 Å². The highest BCUT2D eigenvalue weighted by molar-refractivity contribution is 7.90. The van der Waals surface area contributed by atoms with E-state index in [1.807, 2.05) is 0 Å². The van der Waals surface area contributed by atoms with Gasteiger partial charge in [0.2, 0.25) is 5.78 Å². The van der Waals surface area contributed by atoms with Gasteiger partial charge in [0.1, 0.15) is 16.2 Å². The second-order valence-corrected chi connectivity index (χ2v) is 7.08. The van der Waals surface area contributed by atoms with Crippen molar-refractivity contribution >= 4 is 15.6 Å². The standard InChI is InChI=1S/C14H14F2N2O5S/c1-7-8(11(19)9-6-17-18(2)13(9)20)4-5-10(24(3,21)22)12(7)23-14(15)16/h4-6,14,17H,1-3H3. The van der Waals surface area contributed by atoms with E-state index in [-0.39, 0.29) is 16.7 Å². The summed E-state index contributed by atoms with van der Waals surface area (Å²) < 4.78 is 54.1. The zero-order valence-electron chi connectivity index (χ0n) is 13.0. The summed E-state index contributed by atoms with van der Waals surface area (Å²) in [4.78, 5) is 23.9. The Labute approximate surface area is 135 Å². The quantitative estimate of drug-likeness (QED) is 0.810. The molecule has 0 amide bonds. The molecule has 0 aliphatic rings. The van der Waals surface area contributed by atoms with Gasteiger partial charge < -0.3 is 9.84 Å². The van der Waals surface area contributed by atoms with Crippen molar-refractivity contribution in [1.29, 1.82) is 0 Å². The average molecular weight is 360 g/mol. The van der Waals surface area contributed by atoms with Crippen molar-refractivity contribution < 1.29 is 26.7 Å². The minimum Gasteiger partial charge on any atom is -0.433 e. The molecule has 0 atom stereocenters. The van der Waals surface area contributed by atoms with Crippen LogP contribution in [0.4, 0.5) is 8.78 Å². The van der Waals surface area contributed by atoms with E-state index in [0.717, 1.165) is 17.0 Å². The lowest BCUT2D eigenvalue weighted by Gasteiger charge is -2.14. The first-order valence-electron chi connectivity index (χ1n) is 6.61. The Balaban J connectivity index is 2.67. The smallest absolute Gasteiger partial charge is 0.387 e. The fourth-order valence-corrected chi connectivity index (χ4v) is 3.06. The molecule has 1 aromatic heterocycles. The first kappa shape index (κ1) is 17.9. The Morgan fingerprint density at radius 2 is 1.92 bits per heavy atom. The highest BCUT2D eigenvalue weighted by Gasteiger charge is 2.25. The number of hydrogen-bond donors (Lipinski definition) is 1. The molecule has 1 aromatic carbocycles. The van der Waals surface area contributed by atoms with Crippen LogP contribution in [-0.2, 0) is 16.9 Å². The maximum absolute atomic E-state index is 12.6. The van der Waals surface area contributed by atoms with Crippen LogP contribution < -0.4 is 10.3 Å². The highest BCUT2D eigenvalue weighted by atomic mass is 32.2. The molecule has 0 aliphatic carbocycles. The van der Waals surface area contributed by atoms with Crippen molar-refractivity contribution in [2.75, 3.05) is 6.26 Å². The lowest BCUT2D eigenvalue weighted by atomic mass is 10.0. The largest absolute Gasteiger partial charge is 0.433 e. The fourth-order valence-electron chi connectivity index (χ4n) is 2.21. The number of carbonyl (C=O) groups is 1. The van der Waals surface area contributed by atoms with E-state index in [2.05, 4.69) is 9.84 Å². The molecule has 0 spiro atoms. The number of nitrogens with one attached hydrogen (secondary N) is 1. The van der Waals surface area contributed by atoms with E-state index < -0.39 is 38.4 Å². The molecule has 2 rings (SSSR count). The summed E-state index contributed by atoms with van der Waals surface area (Å²) in [7, 11) is -2.45. The third kappa shape index (κ3) is 3.23. The number of carbonyl (C=O) groups excluding carboxylic acids is 1. The van der Waals surface area contributed by atoms with Crippen LogP contribution in [0.1, 0.15) is 21.5 Å². The van der Waals surface area contributed by atoms with Crippen LogP contribution in [0.5, 0.6) is 5.75 Å². The van der Waals surface area contributed by atoms with Gasteiger partial charge in [0.15, 0.2) is 9.84 Å². The van der Waals surface area contributed by atoms with Gasteiger partial charge in [-0.05, 0) is 19.1 Å². The second kappa shape index (κ2) is 6.19. The van der Waals surface area contributed by atoms with Gasteiger partial charge in [0.25, 0.3) is 5.56 Å². The lowest BCUT2D eigenvalue weighted by molar-refractivity contribution is -0.0522. The number of ether oxygens (including phenoxy) is 1. The third-order valence-electron chi connectivity index (χ3n) is 3.40. The Morgan fingerprint density at radius 1 is 1.29 bits per heavy atom. The monoisotopic (exact) mass is 360 g/mol. The van der Waals surface area contributed by atoms with Crippen LogP contribution in [-0.4, -0.2) is 36.8 Å². The van der Waals surface area contributed by atoms with Crippen molar-refractivity contribution in [2.45, 2.75) is 18.4 Å². The number of hydrogen-bond acceptors (Lipinski definition) is 5. The van der Waals surface area contributed by atoms with Crippen LogP contribution >= 0.6 is 0 Å². The number of rotatable bonds is 5. The van der Waals surface area contributed by atoms with Crippen molar-refractivity contribution in [3.63, 3.8) is 0 Å². The summed E-state index contributed by atoms with van der Waals surface area (Å²) in [5.41, 5.74) is -0.986. The van der Waals surface area contributed by atoms with Gasteiger partial charge in [-0.1, -0.05) is 0 Å². The van der Waals surface area contributed by atoms with Crippen LogP contribution in [0.2, 0.25) is 0 Å². The number of aromatic amines is 1. The molecule has 2 aromatic rings. The molecule has 130 valence electrons. The molecule has 1 N–H and O–H groups in total. The molecule has 1 heterocycles. The highest BCUT2D eigenvalue weighted by Crippen LogP contribution is 2.32. The first-order chi connectivity index (χ1) is 11.0. The number of nitrogens with zero attached hydrogens (tertiary/aromatic N) is 1. The zero-order chi connectivity index (χ0) is 18.2.